The van der Waals surface area contributed by atoms with Crippen LogP contribution in [0.3, 0.4) is 0 Å². The molecule has 2 unspecified atom stereocenters. The summed E-state index contributed by atoms with van der Waals surface area (Å²) in [6.45, 7) is 1.61. The first-order valence-electron chi connectivity index (χ1n) is 9.19. The average Bonchev–Trinajstić information content (AvgIpc) is 3.48. The molecule has 5 nitrogen and oxygen atoms in total. The van der Waals surface area contributed by atoms with E-state index in [9.17, 15) is 9.59 Å². The van der Waals surface area contributed by atoms with Crippen LogP contribution in [-0.4, -0.2) is 30.0 Å². The molecule has 148 valence electrons. The van der Waals surface area contributed by atoms with Gasteiger partial charge in [-0.05, 0) is 43.5 Å². The third-order valence-corrected chi connectivity index (χ3v) is 4.94. The number of amides is 2. The second-order valence-corrected chi connectivity index (χ2v) is 7.71. The van der Waals surface area contributed by atoms with Gasteiger partial charge in [-0.15, -0.1) is 0 Å². The Bertz CT molecular complexity index is 841. The van der Waals surface area contributed by atoms with Gasteiger partial charge in [0.1, 0.15) is 11.8 Å². The first kappa shape index (κ1) is 20.5. The van der Waals surface area contributed by atoms with E-state index in [4.69, 9.17) is 27.9 Å². The van der Waals surface area contributed by atoms with E-state index in [0.717, 1.165) is 18.4 Å². The summed E-state index contributed by atoms with van der Waals surface area (Å²) < 4.78 is 5.65. The largest absolute Gasteiger partial charge is 0.479 e. The number of benzene rings is 2. The van der Waals surface area contributed by atoms with Gasteiger partial charge >= 0.3 is 0 Å². The van der Waals surface area contributed by atoms with Crippen molar-refractivity contribution in [1.29, 1.82) is 0 Å². The van der Waals surface area contributed by atoms with Gasteiger partial charge in [-0.1, -0.05) is 53.5 Å². The molecule has 7 heteroatoms. The lowest BCUT2D eigenvalue weighted by Crippen LogP contribution is -2.51. The van der Waals surface area contributed by atoms with Crippen LogP contribution < -0.4 is 15.4 Å². The molecule has 0 aromatic heterocycles. The molecule has 0 saturated heterocycles. The molecule has 1 aliphatic carbocycles. The van der Waals surface area contributed by atoms with Crippen LogP contribution in [0.1, 0.15) is 25.3 Å². The van der Waals surface area contributed by atoms with Crippen molar-refractivity contribution in [1.82, 2.24) is 10.6 Å². The summed E-state index contributed by atoms with van der Waals surface area (Å²) in [6, 6.07) is 13.9. The van der Waals surface area contributed by atoms with Gasteiger partial charge < -0.3 is 15.4 Å². The van der Waals surface area contributed by atoms with Crippen molar-refractivity contribution in [2.45, 2.75) is 44.4 Å². The molecule has 2 aromatic carbocycles. The van der Waals surface area contributed by atoms with E-state index in [1.807, 2.05) is 30.3 Å². The summed E-state index contributed by atoms with van der Waals surface area (Å²) >= 11 is 12.0. The SMILES string of the molecule is CC(Oc1ccc(Cl)cc1Cl)C(=O)NC(Cc1ccccc1)C(=O)NC1CC1. The predicted octanol–water partition coefficient (Wildman–Crippen LogP) is 3.77. The van der Waals surface area contributed by atoms with Crippen LogP contribution in [0.2, 0.25) is 10.0 Å². The number of carbonyl (C=O) groups is 2. The molecule has 0 radical (unpaired) electrons. The summed E-state index contributed by atoms with van der Waals surface area (Å²) in [6.07, 6.45) is 1.53. The van der Waals surface area contributed by atoms with E-state index in [-0.39, 0.29) is 11.9 Å². The third kappa shape index (κ3) is 5.88. The van der Waals surface area contributed by atoms with Crippen molar-refractivity contribution in [3.05, 3.63) is 64.1 Å². The summed E-state index contributed by atoms with van der Waals surface area (Å²) in [5, 5.41) is 6.56. The zero-order valence-corrected chi connectivity index (χ0v) is 17.0. The number of ether oxygens (including phenoxy) is 1. The highest BCUT2D eigenvalue weighted by Crippen LogP contribution is 2.28. The predicted molar refractivity (Wildman–Crippen MR) is 110 cm³/mol. The lowest BCUT2D eigenvalue weighted by atomic mass is 10.0. The van der Waals surface area contributed by atoms with Crippen molar-refractivity contribution in [2.75, 3.05) is 0 Å². The molecule has 3 rings (SSSR count). The number of hydrogen-bond donors (Lipinski definition) is 2. The molecule has 1 saturated carbocycles. The molecule has 28 heavy (non-hydrogen) atoms. The molecular weight excluding hydrogens is 399 g/mol. The summed E-state index contributed by atoms with van der Waals surface area (Å²) in [7, 11) is 0. The van der Waals surface area contributed by atoms with Gasteiger partial charge in [0.05, 0.1) is 5.02 Å². The first-order chi connectivity index (χ1) is 13.4. The van der Waals surface area contributed by atoms with E-state index >= 15 is 0 Å². The minimum absolute atomic E-state index is 0.184. The van der Waals surface area contributed by atoms with Crippen LogP contribution in [-0.2, 0) is 16.0 Å². The number of nitrogens with one attached hydrogen (secondary N) is 2. The minimum atomic E-state index is -0.828. The highest BCUT2D eigenvalue weighted by atomic mass is 35.5. The number of rotatable bonds is 8. The maximum atomic E-state index is 12.6. The Morgan fingerprint density at radius 3 is 2.46 bits per heavy atom. The Kier molecular flexibility index (Phi) is 6.81. The van der Waals surface area contributed by atoms with Crippen LogP contribution in [0.4, 0.5) is 0 Å². The molecule has 0 bridgehead atoms. The topological polar surface area (TPSA) is 67.4 Å². The fourth-order valence-electron chi connectivity index (χ4n) is 2.69. The van der Waals surface area contributed by atoms with E-state index in [0.29, 0.717) is 22.2 Å². The average molecular weight is 421 g/mol. The summed E-state index contributed by atoms with van der Waals surface area (Å²) in [5.41, 5.74) is 0.966. The van der Waals surface area contributed by atoms with Crippen LogP contribution in [0.15, 0.2) is 48.5 Å². The van der Waals surface area contributed by atoms with Gasteiger partial charge in [0.25, 0.3) is 5.91 Å². The monoisotopic (exact) mass is 420 g/mol. The molecular formula is C21H22Cl2N2O3. The standard InChI is InChI=1S/C21H22Cl2N2O3/c1-13(28-19-10-7-15(22)12-17(19)23)20(26)25-18(21(27)24-16-8-9-16)11-14-5-3-2-4-6-14/h2-7,10,12-13,16,18H,8-9,11H2,1H3,(H,24,27)(H,25,26). The lowest BCUT2D eigenvalue weighted by Gasteiger charge is -2.22. The molecule has 2 atom stereocenters. The molecule has 2 N–H and O–H groups in total. The van der Waals surface area contributed by atoms with Gasteiger partial charge in [-0.25, -0.2) is 0 Å². The van der Waals surface area contributed by atoms with Gasteiger partial charge in [0.15, 0.2) is 6.10 Å². The molecule has 0 aliphatic heterocycles. The van der Waals surface area contributed by atoms with Gasteiger partial charge in [-0.2, -0.15) is 0 Å². The first-order valence-corrected chi connectivity index (χ1v) is 9.94. The number of hydrogen-bond acceptors (Lipinski definition) is 3. The fraction of sp³-hybridized carbons (Fsp3) is 0.333. The fourth-order valence-corrected chi connectivity index (χ4v) is 3.15. The van der Waals surface area contributed by atoms with Gasteiger partial charge in [-0.3, -0.25) is 9.59 Å². The number of carbonyl (C=O) groups excluding carboxylic acids is 2. The Labute approximate surface area is 174 Å². The second-order valence-electron chi connectivity index (χ2n) is 6.87. The summed E-state index contributed by atoms with van der Waals surface area (Å²) in [4.78, 5) is 25.3. The van der Waals surface area contributed by atoms with Crippen molar-refractivity contribution >= 4 is 35.0 Å². The molecule has 0 heterocycles. The van der Waals surface area contributed by atoms with Gasteiger partial charge in [0, 0.05) is 17.5 Å². The van der Waals surface area contributed by atoms with E-state index in [2.05, 4.69) is 10.6 Å². The smallest absolute Gasteiger partial charge is 0.261 e. The Morgan fingerprint density at radius 1 is 1.11 bits per heavy atom. The van der Waals surface area contributed by atoms with Crippen molar-refractivity contribution in [3.8, 4) is 5.75 Å². The van der Waals surface area contributed by atoms with Crippen LogP contribution in [0, 0.1) is 0 Å². The Morgan fingerprint density at radius 2 is 1.82 bits per heavy atom. The molecule has 1 aliphatic rings. The quantitative estimate of drug-likeness (QED) is 0.682. The van der Waals surface area contributed by atoms with E-state index in [1.54, 1.807) is 25.1 Å². The number of halogens is 2. The summed E-state index contributed by atoms with van der Waals surface area (Å²) in [5.74, 6) is -0.218. The van der Waals surface area contributed by atoms with Crippen LogP contribution >= 0.6 is 23.2 Å². The minimum Gasteiger partial charge on any atom is -0.479 e. The second kappa shape index (κ2) is 9.30. The van der Waals surface area contributed by atoms with Crippen molar-refractivity contribution in [2.24, 2.45) is 0 Å². The molecule has 2 amide bonds. The lowest BCUT2D eigenvalue weighted by molar-refractivity contribution is -0.132. The van der Waals surface area contributed by atoms with Crippen molar-refractivity contribution < 1.29 is 14.3 Å². The van der Waals surface area contributed by atoms with E-state index in [1.165, 1.54) is 0 Å². The third-order valence-electron chi connectivity index (χ3n) is 4.41. The zero-order chi connectivity index (χ0) is 20.1. The van der Waals surface area contributed by atoms with E-state index < -0.39 is 18.1 Å². The normalized spacial score (nSPS) is 15.4. The van der Waals surface area contributed by atoms with Crippen molar-refractivity contribution in [3.63, 3.8) is 0 Å². The highest BCUT2D eigenvalue weighted by molar-refractivity contribution is 6.35. The molecule has 0 spiro atoms. The van der Waals surface area contributed by atoms with Gasteiger partial charge in [0.2, 0.25) is 5.91 Å². The zero-order valence-electron chi connectivity index (χ0n) is 15.5. The molecule has 2 aromatic rings. The van der Waals surface area contributed by atoms with Crippen LogP contribution in [0.25, 0.3) is 0 Å². The highest BCUT2D eigenvalue weighted by Gasteiger charge is 2.30. The molecule has 1 fully saturated rings. The Hall–Kier alpha value is -2.24. The Balaban J connectivity index is 1.65. The maximum absolute atomic E-state index is 12.6. The van der Waals surface area contributed by atoms with Crippen LogP contribution in [0.5, 0.6) is 5.75 Å². The maximum Gasteiger partial charge on any atom is 0.261 e.